The first kappa shape index (κ1) is 19.7. The van der Waals surface area contributed by atoms with Gasteiger partial charge in [-0.3, -0.25) is 9.69 Å². The van der Waals surface area contributed by atoms with Gasteiger partial charge in [0, 0.05) is 20.0 Å². The number of benzene rings is 1. The van der Waals surface area contributed by atoms with E-state index in [-0.39, 0.29) is 24.9 Å². The average Bonchev–Trinajstić information content (AvgIpc) is 3.02. The Kier molecular flexibility index (Phi) is 5.76. The van der Waals surface area contributed by atoms with Crippen LogP contribution < -0.4 is 15.1 Å². The maximum atomic E-state index is 14.7. The number of halogens is 2. The fourth-order valence-electron chi connectivity index (χ4n) is 3.31. The van der Waals surface area contributed by atoms with Gasteiger partial charge in [-0.2, -0.15) is 0 Å². The molecule has 1 unspecified atom stereocenters. The van der Waals surface area contributed by atoms with Crippen molar-refractivity contribution < 1.29 is 23.8 Å². The van der Waals surface area contributed by atoms with Gasteiger partial charge in [0.05, 0.1) is 35.9 Å². The van der Waals surface area contributed by atoms with Crippen molar-refractivity contribution in [1.82, 2.24) is 5.32 Å². The van der Waals surface area contributed by atoms with Crippen molar-refractivity contribution in [3.05, 3.63) is 24.0 Å². The summed E-state index contributed by atoms with van der Waals surface area (Å²) >= 11 is 5.79. The van der Waals surface area contributed by atoms with E-state index in [1.54, 1.807) is 12.1 Å². The van der Waals surface area contributed by atoms with E-state index in [1.165, 1.54) is 17.9 Å². The second kappa shape index (κ2) is 7.90. The molecular formula is C18H23ClFN3O4. The van der Waals surface area contributed by atoms with E-state index in [0.29, 0.717) is 37.3 Å². The Hall–Kier alpha value is -2.06. The van der Waals surface area contributed by atoms with Crippen LogP contribution in [0.4, 0.5) is 20.6 Å². The molecule has 148 valence electrons. The van der Waals surface area contributed by atoms with Crippen molar-refractivity contribution in [2.75, 3.05) is 41.9 Å². The molecule has 2 aliphatic rings. The number of amides is 2. The molecule has 2 fully saturated rings. The van der Waals surface area contributed by atoms with Crippen LogP contribution in [0.3, 0.4) is 0 Å². The van der Waals surface area contributed by atoms with Gasteiger partial charge in [-0.1, -0.05) is 0 Å². The Morgan fingerprint density at radius 1 is 1.44 bits per heavy atom. The quantitative estimate of drug-likeness (QED) is 0.738. The van der Waals surface area contributed by atoms with Gasteiger partial charge in [0.1, 0.15) is 11.9 Å². The molecule has 7 nitrogen and oxygen atoms in total. The summed E-state index contributed by atoms with van der Waals surface area (Å²) < 4.78 is 19.9. The number of carbonyl (C=O) groups excluding carboxylic acids is 2. The summed E-state index contributed by atoms with van der Waals surface area (Å²) in [4.78, 5) is 26.2. The zero-order valence-corrected chi connectivity index (χ0v) is 15.8. The summed E-state index contributed by atoms with van der Waals surface area (Å²) in [5.41, 5.74) is -0.0601. The zero-order chi connectivity index (χ0) is 19.6. The molecule has 2 aliphatic heterocycles. The van der Waals surface area contributed by atoms with Crippen molar-refractivity contribution in [1.29, 1.82) is 0 Å². The van der Waals surface area contributed by atoms with E-state index in [2.05, 4.69) is 5.32 Å². The van der Waals surface area contributed by atoms with Crippen LogP contribution in [0.2, 0.25) is 0 Å². The van der Waals surface area contributed by atoms with Gasteiger partial charge >= 0.3 is 6.09 Å². The molecule has 0 aromatic heterocycles. The van der Waals surface area contributed by atoms with E-state index < -0.39 is 23.6 Å². The zero-order valence-electron chi connectivity index (χ0n) is 15.1. The van der Waals surface area contributed by atoms with Crippen LogP contribution >= 0.6 is 11.6 Å². The minimum Gasteiger partial charge on any atom is -0.442 e. The van der Waals surface area contributed by atoms with E-state index in [4.69, 9.17) is 16.3 Å². The third-order valence-electron chi connectivity index (χ3n) is 4.98. The van der Waals surface area contributed by atoms with Gasteiger partial charge in [0.2, 0.25) is 5.91 Å². The highest BCUT2D eigenvalue weighted by Crippen LogP contribution is 2.31. The second-order valence-electron chi connectivity index (χ2n) is 7.03. The monoisotopic (exact) mass is 399 g/mol. The summed E-state index contributed by atoms with van der Waals surface area (Å²) in [6, 6.07) is 4.60. The highest BCUT2D eigenvalue weighted by atomic mass is 35.5. The van der Waals surface area contributed by atoms with E-state index >= 15 is 0 Å². The Balaban J connectivity index is 1.67. The largest absolute Gasteiger partial charge is 0.442 e. The van der Waals surface area contributed by atoms with Gasteiger partial charge in [-0.05, 0) is 31.0 Å². The molecule has 0 bridgehead atoms. The van der Waals surface area contributed by atoms with Crippen LogP contribution in [0, 0.1) is 5.82 Å². The molecule has 0 aliphatic carbocycles. The van der Waals surface area contributed by atoms with Crippen LogP contribution in [0.5, 0.6) is 0 Å². The van der Waals surface area contributed by atoms with Crippen molar-refractivity contribution in [3.8, 4) is 0 Å². The normalized spacial score (nSPS) is 21.9. The topological polar surface area (TPSA) is 82.1 Å². The van der Waals surface area contributed by atoms with E-state index in [0.717, 1.165) is 0 Å². The first-order valence-corrected chi connectivity index (χ1v) is 9.40. The molecule has 1 aromatic carbocycles. The number of hydrogen-bond donors (Lipinski definition) is 2. The number of cyclic esters (lactones) is 1. The molecule has 2 N–H and O–H groups in total. The molecule has 0 saturated carbocycles. The summed E-state index contributed by atoms with van der Waals surface area (Å²) in [5, 5.41) is 12.8. The molecule has 1 aromatic rings. The molecule has 2 heterocycles. The number of ether oxygens (including phenoxy) is 1. The smallest absolute Gasteiger partial charge is 0.414 e. The summed E-state index contributed by atoms with van der Waals surface area (Å²) in [6.07, 6.45) is -0.0933. The van der Waals surface area contributed by atoms with Crippen molar-refractivity contribution in [2.24, 2.45) is 0 Å². The number of rotatable bonds is 5. The Morgan fingerprint density at radius 2 is 2.15 bits per heavy atom. The van der Waals surface area contributed by atoms with Crippen LogP contribution in [0.15, 0.2) is 18.2 Å². The molecule has 9 heteroatoms. The molecule has 3 rings (SSSR count). The maximum Gasteiger partial charge on any atom is 0.414 e. The lowest BCUT2D eigenvalue weighted by atomic mass is 9.93. The standard InChI is InChI=1S/C18H23ClFN3O4/c1-12(24)21-9-14-10-23(17(25)27-14)13-2-3-16(15(20)8-13)22-6-4-18(26,11-19)5-7-22/h2-3,8,14,26H,4-7,9-11H2,1H3,(H,21,24). The molecule has 1 atom stereocenters. The number of piperidine rings is 1. The lowest BCUT2D eigenvalue weighted by molar-refractivity contribution is -0.119. The maximum absolute atomic E-state index is 14.7. The highest BCUT2D eigenvalue weighted by Gasteiger charge is 2.34. The fourth-order valence-corrected chi connectivity index (χ4v) is 3.58. The number of anilines is 2. The lowest BCUT2D eigenvalue weighted by Gasteiger charge is -2.38. The van der Waals surface area contributed by atoms with Crippen LogP contribution in [0.1, 0.15) is 19.8 Å². The number of hydrogen-bond acceptors (Lipinski definition) is 5. The van der Waals surface area contributed by atoms with Crippen molar-refractivity contribution >= 4 is 35.0 Å². The molecule has 27 heavy (non-hydrogen) atoms. The molecule has 2 amide bonds. The minimum atomic E-state index is -0.892. The third kappa shape index (κ3) is 4.44. The second-order valence-corrected chi connectivity index (χ2v) is 7.30. The first-order valence-electron chi connectivity index (χ1n) is 8.87. The Labute approximate surface area is 162 Å². The average molecular weight is 400 g/mol. The van der Waals surface area contributed by atoms with Gasteiger partial charge in [0.25, 0.3) is 0 Å². The Morgan fingerprint density at radius 3 is 2.74 bits per heavy atom. The number of carbonyl (C=O) groups is 2. The predicted octanol–water partition coefficient (Wildman–Crippen LogP) is 1.86. The van der Waals surface area contributed by atoms with Crippen molar-refractivity contribution in [3.63, 3.8) is 0 Å². The van der Waals surface area contributed by atoms with Gasteiger partial charge in [0.15, 0.2) is 0 Å². The Bertz CT molecular complexity index is 725. The lowest BCUT2D eigenvalue weighted by Crippen LogP contribution is -2.45. The molecule has 0 radical (unpaired) electrons. The van der Waals surface area contributed by atoms with Gasteiger partial charge in [-0.25, -0.2) is 9.18 Å². The number of alkyl halides is 1. The summed E-state index contributed by atoms with van der Waals surface area (Å²) in [7, 11) is 0. The van der Waals surface area contributed by atoms with Crippen LogP contribution in [0.25, 0.3) is 0 Å². The van der Waals surface area contributed by atoms with E-state index in [9.17, 15) is 19.1 Å². The fraction of sp³-hybridized carbons (Fsp3) is 0.556. The van der Waals surface area contributed by atoms with Gasteiger partial charge in [-0.15, -0.1) is 11.6 Å². The third-order valence-corrected chi connectivity index (χ3v) is 5.48. The highest BCUT2D eigenvalue weighted by molar-refractivity contribution is 6.18. The summed E-state index contributed by atoms with van der Waals surface area (Å²) in [6.45, 7) is 2.85. The number of nitrogens with one attached hydrogen (secondary N) is 1. The minimum absolute atomic E-state index is 0.166. The summed E-state index contributed by atoms with van der Waals surface area (Å²) in [5.74, 6) is -0.483. The first-order chi connectivity index (χ1) is 12.8. The van der Waals surface area contributed by atoms with Crippen LogP contribution in [-0.4, -0.2) is 60.9 Å². The SMILES string of the molecule is CC(=O)NCC1CN(c2ccc(N3CCC(O)(CCl)CC3)c(F)c2)C(=O)O1. The molecule has 2 saturated heterocycles. The van der Waals surface area contributed by atoms with E-state index in [1.807, 2.05) is 4.90 Å². The number of aliphatic hydroxyl groups is 1. The van der Waals surface area contributed by atoms with Gasteiger partial charge < -0.3 is 20.1 Å². The molecular weight excluding hydrogens is 377 g/mol. The molecule has 0 spiro atoms. The number of nitrogens with zero attached hydrogens (tertiary/aromatic N) is 2. The van der Waals surface area contributed by atoms with Crippen molar-refractivity contribution in [2.45, 2.75) is 31.5 Å². The van der Waals surface area contributed by atoms with Crippen LogP contribution in [-0.2, 0) is 9.53 Å². The predicted molar refractivity (Wildman–Crippen MR) is 99.8 cm³/mol.